The van der Waals surface area contributed by atoms with Gasteiger partial charge in [0.2, 0.25) is 0 Å². The Morgan fingerprint density at radius 2 is 1.23 bits per heavy atom. The predicted octanol–water partition coefficient (Wildman–Crippen LogP) is -2.32. The van der Waals surface area contributed by atoms with E-state index < -0.39 is 200 Å². The van der Waals surface area contributed by atoms with Crippen LogP contribution in [-0.4, -0.2) is 257 Å². The summed E-state index contributed by atoms with van der Waals surface area (Å²) in [5, 5.41) is 166. The molecule has 5 aliphatic carbocycles. The van der Waals surface area contributed by atoms with Gasteiger partial charge in [-0.3, -0.25) is 4.79 Å². The summed E-state index contributed by atoms with van der Waals surface area (Å²) < 4.78 is 55.1. The lowest BCUT2D eigenvalue weighted by Crippen LogP contribution is -2.70. The highest BCUT2D eigenvalue weighted by Crippen LogP contribution is 2.76. The highest BCUT2D eigenvalue weighted by atomic mass is 16.8. The molecule has 4 heterocycles. The Kier molecular flexibility index (Phi) is 19.3. The molecule has 1 unspecified atom stereocenters. The summed E-state index contributed by atoms with van der Waals surface area (Å²) in [6.07, 6.45) is -33.0. The molecule has 26 heteroatoms. The standard InChI is InChI=1S/C58H94O26/c1-9-24(2)48(75)79-34-18-57(8)25(26-16-53(3,4)17-32(64)58(26,34)23-62)10-11-31-54(5)14-13-33(55(6,22-61)30(54)12-15-56(31,57)7)80-52-46(84-50-41(71)39(69)37(67)29(20-60)78-50)43(42(72)44(82-52)47(73)74)81-51-45(35(65)27(63)21-76-51)83-49-40(70)38(68)36(66)28(19-59)77-49/h10,24,26-46,49-52,59-72H,9,11-23H2,1-8H3,(H,73,74)/t24?,26-,27-,28+,29+,30+,31+,32-,33-,34+,35-,36+,37-,38-,39-,40+,41+,42-,43-,44-,45+,46+,49-,50-,51-,52+,54-,55-,56+,57+,58+/m0/s1. The molecular formula is C58H94O26. The van der Waals surface area contributed by atoms with E-state index >= 15 is 0 Å². The van der Waals surface area contributed by atoms with Gasteiger partial charge in [0.15, 0.2) is 31.3 Å². The minimum Gasteiger partial charge on any atom is -0.479 e. The third-order valence-electron chi connectivity index (χ3n) is 22.6. The first-order chi connectivity index (χ1) is 39.4. The number of carbonyl (C=O) groups is 2. The van der Waals surface area contributed by atoms with Gasteiger partial charge in [-0.2, -0.15) is 0 Å². The van der Waals surface area contributed by atoms with Crippen LogP contribution in [0, 0.1) is 56.2 Å². The van der Waals surface area contributed by atoms with E-state index in [-0.39, 0.29) is 42.2 Å². The van der Waals surface area contributed by atoms with Gasteiger partial charge in [-0.05, 0) is 97.2 Å². The maximum absolute atomic E-state index is 13.9. The van der Waals surface area contributed by atoms with Crippen molar-refractivity contribution in [2.24, 2.45) is 56.2 Å². The fourth-order valence-electron chi connectivity index (χ4n) is 17.2. The van der Waals surface area contributed by atoms with Crippen LogP contribution in [0.2, 0.25) is 0 Å². The van der Waals surface area contributed by atoms with Crippen molar-refractivity contribution in [2.45, 2.75) is 248 Å². The zero-order chi connectivity index (χ0) is 61.7. The maximum atomic E-state index is 13.9. The van der Waals surface area contributed by atoms with Crippen LogP contribution in [0.5, 0.6) is 0 Å². The summed E-state index contributed by atoms with van der Waals surface area (Å²) >= 11 is 0. The second-order valence-corrected chi connectivity index (χ2v) is 27.7. The largest absolute Gasteiger partial charge is 0.479 e. The van der Waals surface area contributed by atoms with Crippen molar-refractivity contribution in [1.29, 1.82) is 0 Å². The zero-order valence-electron chi connectivity index (χ0n) is 49.2. The molecule has 4 saturated heterocycles. The van der Waals surface area contributed by atoms with Crippen molar-refractivity contribution in [3.05, 3.63) is 11.6 Å². The van der Waals surface area contributed by atoms with Crippen molar-refractivity contribution >= 4 is 11.9 Å². The molecule has 9 aliphatic rings. The normalized spacial score (nSPS) is 52.4. The van der Waals surface area contributed by atoms with E-state index in [1.54, 1.807) is 0 Å². The Morgan fingerprint density at radius 1 is 0.631 bits per heavy atom. The fraction of sp³-hybridized carbons (Fsp3) is 0.931. The second kappa shape index (κ2) is 24.5. The first-order valence-electron chi connectivity index (χ1n) is 30.0. The smallest absolute Gasteiger partial charge is 0.335 e. The molecular weight excluding hydrogens is 1110 g/mol. The van der Waals surface area contributed by atoms with Crippen LogP contribution in [0.1, 0.15) is 113 Å². The molecule has 31 atom stereocenters. The SMILES string of the molecule is CCC(C)C(=O)O[C@@H]1C[C@]2(C)C(=CC[C@@H]3[C@@]4(C)CC[C@H](O[C@@H]5O[C@H](C(=O)O)[C@@H](O)[C@H](O[C@@H]6OC[C@H](O)[C@H](O)[C@H]6O[C@@H]6O[C@H](CO)[C@@H](O)[C@H](O)[C@H]6O)[C@H]5O[C@@H]5O[C@H](CO)[C@H](O)[C@H](O)[C@H]5O)[C@@](C)(CO)[C@@H]4CC[C@]32C)[C@@H]2CC(C)(C)C[C@H](O)[C@]12CO. The quantitative estimate of drug-likeness (QED) is 0.0438. The number of fused-ring (bicyclic) bond motifs is 7. The summed E-state index contributed by atoms with van der Waals surface area (Å²) in [7, 11) is 0. The molecule has 0 amide bonds. The van der Waals surface area contributed by atoms with E-state index in [2.05, 4.69) is 40.7 Å². The number of carboxylic acids is 1. The van der Waals surface area contributed by atoms with Gasteiger partial charge in [-0.25, -0.2) is 4.79 Å². The Morgan fingerprint density at radius 3 is 1.79 bits per heavy atom. The Hall–Kier alpha value is -2.20. The van der Waals surface area contributed by atoms with Crippen LogP contribution in [0.3, 0.4) is 0 Å². The van der Waals surface area contributed by atoms with Crippen molar-refractivity contribution in [3.8, 4) is 0 Å². The number of aliphatic hydroxyl groups is 14. The first kappa shape index (κ1) is 66.2. The van der Waals surface area contributed by atoms with Gasteiger partial charge < -0.3 is 119 Å². The number of ether oxygens (including phenoxy) is 9. The number of aliphatic carboxylic acids is 1. The molecule has 0 aromatic rings. The zero-order valence-corrected chi connectivity index (χ0v) is 49.2. The lowest BCUT2D eigenvalue weighted by molar-refractivity contribution is -0.401. The maximum Gasteiger partial charge on any atom is 0.335 e. The number of hydrogen-bond donors (Lipinski definition) is 15. The molecule has 8 fully saturated rings. The van der Waals surface area contributed by atoms with Gasteiger partial charge in [0.1, 0.15) is 91.6 Å². The fourth-order valence-corrected chi connectivity index (χ4v) is 17.2. The van der Waals surface area contributed by atoms with Crippen LogP contribution >= 0.6 is 0 Å². The van der Waals surface area contributed by atoms with E-state index in [1.807, 2.05) is 20.8 Å². The third kappa shape index (κ3) is 10.8. The van der Waals surface area contributed by atoms with Crippen molar-refractivity contribution in [3.63, 3.8) is 0 Å². The van der Waals surface area contributed by atoms with E-state index in [4.69, 9.17) is 42.6 Å². The van der Waals surface area contributed by atoms with Gasteiger partial charge in [0.25, 0.3) is 0 Å². The predicted molar refractivity (Wildman–Crippen MR) is 285 cm³/mol. The highest BCUT2D eigenvalue weighted by Gasteiger charge is 2.73. The Labute approximate surface area is 488 Å². The summed E-state index contributed by atoms with van der Waals surface area (Å²) in [6, 6.07) is 0. The number of aliphatic hydroxyl groups excluding tert-OH is 14. The Bertz CT molecular complexity index is 2340. The molecule has 0 radical (unpaired) electrons. The lowest BCUT2D eigenvalue weighted by Gasteiger charge is -2.72. The topological polar surface area (TPSA) is 421 Å². The highest BCUT2D eigenvalue weighted by molar-refractivity contribution is 5.73. The van der Waals surface area contributed by atoms with Crippen LogP contribution in [0.4, 0.5) is 0 Å². The Balaban J connectivity index is 1.06. The molecule has 0 aromatic carbocycles. The minimum absolute atomic E-state index is 0.0570. The molecule has 0 aromatic heterocycles. The van der Waals surface area contributed by atoms with Crippen LogP contribution in [0.15, 0.2) is 11.6 Å². The van der Waals surface area contributed by atoms with E-state index in [0.717, 1.165) is 5.57 Å². The van der Waals surface area contributed by atoms with E-state index in [1.165, 1.54) is 0 Å². The number of rotatable bonds is 16. The van der Waals surface area contributed by atoms with Crippen LogP contribution in [0.25, 0.3) is 0 Å². The van der Waals surface area contributed by atoms with Gasteiger partial charge in [-0.15, -0.1) is 0 Å². The number of allylic oxidation sites excluding steroid dienone is 2. The molecule has 9 rings (SSSR count). The van der Waals surface area contributed by atoms with Crippen molar-refractivity contribution < 1.29 is 129 Å². The molecule has 482 valence electrons. The number of carboxylic acid groups (broad SMARTS) is 1. The molecule has 84 heavy (non-hydrogen) atoms. The molecule has 4 aliphatic heterocycles. The molecule has 4 saturated carbocycles. The minimum atomic E-state index is -2.28. The average molecular weight is 1210 g/mol. The third-order valence-corrected chi connectivity index (χ3v) is 22.6. The van der Waals surface area contributed by atoms with Gasteiger partial charge in [0.05, 0.1) is 56.6 Å². The number of hydrogen-bond acceptors (Lipinski definition) is 25. The first-order valence-corrected chi connectivity index (χ1v) is 30.0. The summed E-state index contributed by atoms with van der Waals surface area (Å²) in [5.41, 5.74) is -3.09. The van der Waals surface area contributed by atoms with E-state index in [0.29, 0.717) is 51.4 Å². The summed E-state index contributed by atoms with van der Waals surface area (Å²) in [5.74, 6) is -3.23. The molecule has 26 nitrogen and oxygen atoms in total. The number of carbonyl (C=O) groups excluding carboxylic acids is 1. The van der Waals surface area contributed by atoms with Gasteiger partial charge in [-0.1, -0.05) is 67.0 Å². The van der Waals surface area contributed by atoms with Crippen molar-refractivity contribution in [2.75, 3.05) is 33.0 Å². The van der Waals surface area contributed by atoms with Crippen molar-refractivity contribution in [1.82, 2.24) is 0 Å². The van der Waals surface area contributed by atoms with Crippen LogP contribution < -0.4 is 0 Å². The van der Waals surface area contributed by atoms with E-state index in [9.17, 15) is 86.2 Å². The summed E-state index contributed by atoms with van der Waals surface area (Å²) in [4.78, 5) is 27.0. The molecule has 0 spiro atoms. The molecule has 15 N–H and O–H groups in total. The summed E-state index contributed by atoms with van der Waals surface area (Å²) in [6.45, 7) is 13.3. The second-order valence-electron chi connectivity index (χ2n) is 27.7. The van der Waals surface area contributed by atoms with Gasteiger partial charge in [0, 0.05) is 5.41 Å². The monoisotopic (exact) mass is 1210 g/mol. The average Bonchev–Trinajstić information content (AvgIpc) is 0.684. The lowest BCUT2D eigenvalue weighted by atomic mass is 9.33. The van der Waals surface area contributed by atoms with Crippen LogP contribution in [-0.2, 0) is 52.2 Å². The number of esters is 1. The van der Waals surface area contributed by atoms with Gasteiger partial charge >= 0.3 is 11.9 Å². The molecule has 0 bridgehead atoms.